The first kappa shape index (κ1) is 8.95. The van der Waals surface area contributed by atoms with Gasteiger partial charge in [0, 0.05) is 5.92 Å². The normalized spacial score (nSPS) is 23.6. The Balaban J connectivity index is 2.30. The third-order valence-corrected chi connectivity index (χ3v) is 2.52. The smallest absolute Gasteiger partial charge is 0.0609 e. The Morgan fingerprint density at radius 1 is 1.21 bits per heavy atom. The van der Waals surface area contributed by atoms with Gasteiger partial charge in [-0.25, -0.2) is 0 Å². The van der Waals surface area contributed by atoms with Crippen LogP contribution in [0.1, 0.15) is 6.92 Å². The Labute approximate surface area is 84.3 Å². The van der Waals surface area contributed by atoms with Gasteiger partial charge in [0.2, 0.25) is 0 Å². The highest BCUT2D eigenvalue weighted by Crippen LogP contribution is 2.24. The molecule has 0 unspecified atom stereocenters. The summed E-state index contributed by atoms with van der Waals surface area (Å²) >= 11 is 0. The van der Waals surface area contributed by atoms with Crippen molar-refractivity contribution in [3.8, 4) is 0 Å². The average molecular weight is 183 g/mol. The first-order chi connectivity index (χ1) is 6.81. The van der Waals surface area contributed by atoms with Crippen molar-refractivity contribution < 1.29 is 0 Å². The summed E-state index contributed by atoms with van der Waals surface area (Å²) in [5, 5.41) is 7.67. The van der Waals surface area contributed by atoms with Crippen molar-refractivity contribution >= 4 is 5.71 Å². The van der Waals surface area contributed by atoms with E-state index in [1.807, 2.05) is 25.2 Å². The molecule has 2 rings (SSSR count). The predicted octanol–water partition coefficient (Wildman–Crippen LogP) is 3.19. The van der Waals surface area contributed by atoms with Crippen molar-refractivity contribution in [3.05, 3.63) is 59.8 Å². The molecule has 0 atom stereocenters. The Morgan fingerprint density at radius 2 is 1.93 bits per heavy atom. The van der Waals surface area contributed by atoms with E-state index in [2.05, 4.69) is 30.4 Å². The summed E-state index contributed by atoms with van der Waals surface area (Å²) in [6, 6.07) is 0. The van der Waals surface area contributed by atoms with Crippen LogP contribution < -0.4 is 0 Å². The van der Waals surface area contributed by atoms with Gasteiger partial charge in [0.15, 0.2) is 0 Å². The van der Waals surface area contributed by atoms with Crippen LogP contribution in [0.2, 0.25) is 0 Å². The van der Waals surface area contributed by atoms with Gasteiger partial charge in [0.05, 0.1) is 5.71 Å². The van der Waals surface area contributed by atoms with E-state index >= 15 is 0 Å². The molecule has 0 fully saturated rings. The second-order valence-corrected chi connectivity index (χ2v) is 3.43. The van der Waals surface area contributed by atoms with Crippen molar-refractivity contribution in [2.75, 3.05) is 0 Å². The van der Waals surface area contributed by atoms with Gasteiger partial charge in [-0.2, -0.15) is 0 Å². The largest absolute Gasteiger partial charge is 0.300 e. The predicted molar refractivity (Wildman–Crippen MR) is 60.5 cm³/mol. The molecule has 0 radical (unpaired) electrons. The van der Waals surface area contributed by atoms with E-state index in [1.165, 1.54) is 5.57 Å². The third kappa shape index (κ3) is 1.53. The van der Waals surface area contributed by atoms with E-state index in [0.717, 1.165) is 5.57 Å². The molecule has 0 bridgehead atoms. The second kappa shape index (κ2) is 3.62. The molecule has 0 amide bonds. The zero-order chi connectivity index (χ0) is 9.97. The van der Waals surface area contributed by atoms with Gasteiger partial charge in [-0.3, -0.25) is 0 Å². The fraction of sp³-hybridized carbons (Fsp3) is 0.154. The Hall–Kier alpha value is -1.63. The lowest BCUT2D eigenvalue weighted by Gasteiger charge is -2.13. The van der Waals surface area contributed by atoms with Crippen molar-refractivity contribution in [2.45, 2.75) is 6.92 Å². The van der Waals surface area contributed by atoms with Crippen LogP contribution in [-0.2, 0) is 0 Å². The van der Waals surface area contributed by atoms with Crippen molar-refractivity contribution in [3.63, 3.8) is 0 Å². The Kier molecular flexibility index (Phi) is 2.32. The zero-order valence-electron chi connectivity index (χ0n) is 8.20. The van der Waals surface area contributed by atoms with E-state index in [0.29, 0.717) is 11.6 Å². The lowest BCUT2D eigenvalue weighted by atomic mass is 9.92. The molecule has 14 heavy (non-hydrogen) atoms. The van der Waals surface area contributed by atoms with Gasteiger partial charge in [-0.15, -0.1) is 0 Å². The summed E-state index contributed by atoms with van der Waals surface area (Å²) in [6.07, 6.45) is 16.4. The molecule has 0 heterocycles. The minimum Gasteiger partial charge on any atom is -0.300 e. The van der Waals surface area contributed by atoms with Crippen LogP contribution in [0, 0.1) is 11.3 Å². The molecule has 0 saturated carbocycles. The van der Waals surface area contributed by atoms with Crippen LogP contribution in [0.3, 0.4) is 0 Å². The van der Waals surface area contributed by atoms with Gasteiger partial charge in [0.25, 0.3) is 0 Å². The first-order valence-electron chi connectivity index (χ1n) is 4.81. The van der Waals surface area contributed by atoms with E-state index in [-0.39, 0.29) is 0 Å². The molecular formula is C13H13N. The maximum atomic E-state index is 7.67. The molecule has 2 aliphatic rings. The third-order valence-electron chi connectivity index (χ3n) is 2.52. The highest BCUT2D eigenvalue weighted by atomic mass is 14.4. The molecule has 0 aromatic rings. The molecular weight excluding hydrogens is 170 g/mol. The van der Waals surface area contributed by atoms with Gasteiger partial charge < -0.3 is 5.41 Å². The number of nitrogens with one attached hydrogen (secondary N) is 1. The number of hydrogen-bond donors (Lipinski definition) is 1. The molecule has 2 aliphatic carbocycles. The standard InChI is InChI=1S/C13H13N/c1-2-10-9-12(7-8-13(10)14)11-5-3-4-6-11/h2-9,11,14H,1H3/b10-2+,14-13?. The van der Waals surface area contributed by atoms with Crippen LogP contribution in [-0.4, -0.2) is 5.71 Å². The maximum absolute atomic E-state index is 7.67. The van der Waals surface area contributed by atoms with Crippen LogP contribution in [0.15, 0.2) is 59.8 Å². The molecule has 1 heteroatoms. The van der Waals surface area contributed by atoms with Gasteiger partial charge in [-0.1, -0.05) is 36.5 Å². The minimum atomic E-state index is 0.397. The van der Waals surface area contributed by atoms with Crippen LogP contribution in [0.25, 0.3) is 0 Å². The highest BCUT2D eigenvalue weighted by Gasteiger charge is 2.12. The maximum Gasteiger partial charge on any atom is 0.0609 e. The van der Waals surface area contributed by atoms with E-state index < -0.39 is 0 Å². The minimum absolute atomic E-state index is 0.397. The molecule has 0 aliphatic heterocycles. The highest BCUT2D eigenvalue weighted by molar-refractivity contribution is 6.09. The van der Waals surface area contributed by atoms with Crippen molar-refractivity contribution in [1.82, 2.24) is 0 Å². The Morgan fingerprint density at radius 3 is 2.57 bits per heavy atom. The van der Waals surface area contributed by atoms with Gasteiger partial charge in [-0.05, 0) is 30.2 Å². The SMILES string of the molecule is C/C=C1\C=C(C2C=CC=C2)C=CC1=N. The quantitative estimate of drug-likeness (QED) is 0.645. The number of allylic oxidation sites excluding steroid dienone is 10. The topological polar surface area (TPSA) is 23.9 Å². The number of hydrogen-bond acceptors (Lipinski definition) is 1. The summed E-state index contributed by atoms with van der Waals surface area (Å²) < 4.78 is 0. The fourth-order valence-corrected chi connectivity index (χ4v) is 1.68. The summed E-state index contributed by atoms with van der Waals surface area (Å²) in [5.41, 5.74) is 2.87. The molecule has 70 valence electrons. The van der Waals surface area contributed by atoms with Gasteiger partial charge >= 0.3 is 0 Å². The van der Waals surface area contributed by atoms with Crippen LogP contribution in [0.5, 0.6) is 0 Å². The summed E-state index contributed by atoms with van der Waals surface area (Å²) in [7, 11) is 0. The lowest BCUT2D eigenvalue weighted by molar-refractivity contribution is 1.02. The summed E-state index contributed by atoms with van der Waals surface area (Å²) in [4.78, 5) is 0. The molecule has 0 aromatic carbocycles. The van der Waals surface area contributed by atoms with Crippen LogP contribution in [0.4, 0.5) is 0 Å². The number of rotatable bonds is 1. The Bertz CT molecular complexity index is 391. The monoisotopic (exact) mass is 183 g/mol. The molecule has 1 N–H and O–H groups in total. The van der Waals surface area contributed by atoms with Gasteiger partial charge in [0.1, 0.15) is 0 Å². The molecule has 1 nitrogen and oxygen atoms in total. The average Bonchev–Trinajstić information content (AvgIpc) is 2.71. The van der Waals surface area contributed by atoms with E-state index in [4.69, 9.17) is 5.41 Å². The van der Waals surface area contributed by atoms with Crippen molar-refractivity contribution in [2.24, 2.45) is 5.92 Å². The molecule has 0 aromatic heterocycles. The van der Waals surface area contributed by atoms with E-state index in [1.54, 1.807) is 0 Å². The first-order valence-corrected chi connectivity index (χ1v) is 4.81. The van der Waals surface area contributed by atoms with Crippen LogP contribution >= 0.6 is 0 Å². The summed E-state index contributed by atoms with van der Waals surface area (Å²) in [5.74, 6) is 0.397. The molecule has 0 saturated heterocycles. The summed E-state index contributed by atoms with van der Waals surface area (Å²) in [6.45, 7) is 1.97. The van der Waals surface area contributed by atoms with E-state index in [9.17, 15) is 0 Å². The lowest BCUT2D eigenvalue weighted by Crippen LogP contribution is -2.04. The fourth-order valence-electron chi connectivity index (χ4n) is 1.68. The zero-order valence-corrected chi connectivity index (χ0v) is 8.20. The second-order valence-electron chi connectivity index (χ2n) is 3.43. The van der Waals surface area contributed by atoms with Crippen molar-refractivity contribution in [1.29, 1.82) is 5.41 Å². The molecule has 0 spiro atoms.